The maximum absolute atomic E-state index is 12.7. The summed E-state index contributed by atoms with van der Waals surface area (Å²) in [5, 5.41) is 3.09. The number of likely N-dealkylation sites (N-methyl/N-ethyl adjacent to an activating group) is 1. The molecule has 5 heteroatoms. The minimum Gasteiger partial charge on any atom is -0.354 e. The van der Waals surface area contributed by atoms with E-state index < -0.39 is 5.92 Å². The number of rotatable bonds is 5. The molecular formula is C20H29N3O2. The van der Waals surface area contributed by atoms with Crippen LogP contribution in [-0.4, -0.2) is 49.4 Å². The van der Waals surface area contributed by atoms with Gasteiger partial charge in [-0.3, -0.25) is 9.59 Å². The monoisotopic (exact) mass is 343 g/mol. The first-order chi connectivity index (χ1) is 12.0. The van der Waals surface area contributed by atoms with Gasteiger partial charge in [0.15, 0.2) is 0 Å². The summed E-state index contributed by atoms with van der Waals surface area (Å²) in [5.41, 5.74) is 0.911. The highest BCUT2D eigenvalue weighted by Crippen LogP contribution is 2.32. The second kappa shape index (κ2) is 7.56. The van der Waals surface area contributed by atoms with E-state index in [9.17, 15) is 9.59 Å². The van der Waals surface area contributed by atoms with Crippen molar-refractivity contribution in [3.05, 3.63) is 30.3 Å². The van der Waals surface area contributed by atoms with Crippen LogP contribution in [0.3, 0.4) is 0 Å². The maximum Gasteiger partial charge on any atom is 0.239 e. The van der Waals surface area contributed by atoms with E-state index in [2.05, 4.69) is 24.3 Å². The molecule has 3 rings (SSSR count). The van der Waals surface area contributed by atoms with Gasteiger partial charge in [0.1, 0.15) is 5.92 Å². The predicted molar refractivity (Wildman–Crippen MR) is 99.4 cm³/mol. The number of anilines is 1. The van der Waals surface area contributed by atoms with Crippen molar-refractivity contribution < 1.29 is 9.59 Å². The fourth-order valence-electron chi connectivity index (χ4n) is 4.15. The zero-order chi connectivity index (χ0) is 17.9. The van der Waals surface area contributed by atoms with Crippen LogP contribution in [0.5, 0.6) is 0 Å². The predicted octanol–water partition coefficient (Wildman–Crippen LogP) is 2.42. The standard InChI is InChI=1S/C20H29N3O2/c1-22(2)20(12-7-4-8-13-20)15-21-18(24)17-11-14-23(19(17)25)16-9-5-3-6-10-16/h3,5-6,9-10,17H,4,7-8,11-15H2,1-2H3,(H,21,24)/t17-/m0/s1. The van der Waals surface area contributed by atoms with Crippen LogP contribution in [0.25, 0.3) is 0 Å². The lowest BCUT2D eigenvalue weighted by Gasteiger charge is -2.43. The summed E-state index contributed by atoms with van der Waals surface area (Å²) in [4.78, 5) is 29.3. The molecule has 1 N–H and O–H groups in total. The number of amides is 2. The lowest BCUT2D eigenvalue weighted by Crippen LogP contribution is -2.54. The molecule has 1 aromatic carbocycles. The zero-order valence-corrected chi connectivity index (χ0v) is 15.3. The number of hydrogen-bond donors (Lipinski definition) is 1. The summed E-state index contributed by atoms with van der Waals surface area (Å²) in [7, 11) is 4.19. The Morgan fingerprint density at radius 2 is 1.88 bits per heavy atom. The van der Waals surface area contributed by atoms with Crippen molar-refractivity contribution in [2.75, 3.05) is 32.1 Å². The molecule has 2 fully saturated rings. The van der Waals surface area contributed by atoms with Gasteiger partial charge in [-0.05, 0) is 45.5 Å². The van der Waals surface area contributed by atoms with Crippen LogP contribution in [0, 0.1) is 5.92 Å². The molecule has 2 aliphatic rings. The van der Waals surface area contributed by atoms with E-state index in [-0.39, 0.29) is 17.4 Å². The van der Waals surface area contributed by atoms with Crippen LogP contribution >= 0.6 is 0 Å². The van der Waals surface area contributed by atoms with Gasteiger partial charge in [-0.1, -0.05) is 37.5 Å². The number of carbonyl (C=O) groups excluding carboxylic acids is 2. The molecule has 0 radical (unpaired) electrons. The third kappa shape index (κ3) is 3.71. The van der Waals surface area contributed by atoms with E-state index in [1.54, 1.807) is 4.90 Å². The van der Waals surface area contributed by atoms with Crippen molar-refractivity contribution in [3.8, 4) is 0 Å². The molecule has 2 amide bonds. The van der Waals surface area contributed by atoms with Gasteiger partial charge >= 0.3 is 0 Å². The van der Waals surface area contributed by atoms with Crippen LogP contribution in [-0.2, 0) is 9.59 Å². The van der Waals surface area contributed by atoms with Gasteiger partial charge in [0.25, 0.3) is 0 Å². The van der Waals surface area contributed by atoms with Crippen LogP contribution in [0.4, 0.5) is 5.69 Å². The van der Waals surface area contributed by atoms with Crippen LogP contribution in [0.15, 0.2) is 30.3 Å². The van der Waals surface area contributed by atoms with E-state index in [1.165, 1.54) is 19.3 Å². The van der Waals surface area contributed by atoms with Crippen molar-refractivity contribution >= 4 is 17.5 Å². The van der Waals surface area contributed by atoms with E-state index in [0.29, 0.717) is 19.5 Å². The molecule has 1 aliphatic heterocycles. The van der Waals surface area contributed by atoms with E-state index in [0.717, 1.165) is 18.5 Å². The van der Waals surface area contributed by atoms with Gasteiger partial charge in [0.2, 0.25) is 11.8 Å². The second-order valence-electron chi connectivity index (χ2n) is 7.56. The Kier molecular flexibility index (Phi) is 5.42. The molecule has 0 aromatic heterocycles. The first kappa shape index (κ1) is 17.9. The number of benzene rings is 1. The Morgan fingerprint density at radius 1 is 1.20 bits per heavy atom. The number of carbonyl (C=O) groups is 2. The highest BCUT2D eigenvalue weighted by molar-refractivity contribution is 6.09. The molecule has 0 unspecified atom stereocenters. The average Bonchev–Trinajstić information content (AvgIpc) is 3.02. The summed E-state index contributed by atoms with van der Waals surface area (Å²) >= 11 is 0. The molecule has 136 valence electrons. The van der Waals surface area contributed by atoms with E-state index in [4.69, 9.17) is 0 Å². The number of para-hydroxylation sites is 1. The SMILES string of the molecule is CN(C)C1(CNC(=O)[C@@H]2CCN(c3ccccc3)C2=O)CCCCC1. The Balaban J connectivity index is 1.61. The number of nitrogens with one attached hydrogen (secondary N) is 1. The molecule has 1 aliphatic carbocycles. The Labute approximate surface area is 150 Å². The zero-order valence-electron chi connectivity index (χ0n) is 15.3. The lowest BCUT2D eigenvalue weighted by molar-refractivity contribution is -0.132. The molecule has 5 nitrogen and oxygen atoms in total. The molecule has 25 heavy (non-hydrogen) atoms. The van der Waals surface area contributed by atoms with Crippen LogP contribution < -0.4 is 10.2 Å². The summed E-state index contributed by atoms with van der Waals surface area (Å²) in [6.45, 7) is 1.24. The first-order valence-electron chi connectivity index (χ1n) is 9.35. The molecule has 1 atom stereocenters. The van der Waals surface area contributed by atoms with E-state index in [1.807, 2.05) is 30.3 Å². The Morgan fingerprint density at radius 3 is 2.52 bits per heavy atom. The largest absolute Gasteiger partial charge is 0.354 e. The lowest BCUT2D eigenvalue weighted by atomic mass is 9.80. The molecule has 1 aromatic rings. The Hall–Kier alpha value is -1.88. The van der Waals surface area contributed by atoms with Gasteiger partial charge in [-0.15, -0.1) is 0 Å². The molecular weight excluding hydrogens is 314 g/mol. The van der Waals surface area contributed by atoms with Crippen molar-refractivity contribution in [1.29, 1.82) is 0 Å². The van der Waals surface area contributed by atoms with Crippen molar-refractivity contribution in [2.24, 2.45) is 5.92 Å². The van der Waals surface area contributed by atoms with Gasteiger partial charge in [0.05, 0.1) is 0 Å². The fourth-order valence-corrected chi connectivity index (χ4v) is 4.15. The quantitative estimate of drug-likeness (QED) is 0.836. The van der Waals surface area contributed by atoms with Crippen molar-refractivity contribution in [1.82, 2.24) is 10.2 Å². The average molecular weight is 343 g/mol. The van der Waals surface area contributed by atoms with Crippen molar-refractivity contribution in [3.63, 3.8) is 0 Å². The summed E-state index contributed by atoms with van der Waals surface area (Å²) in [5.74, 6) is -0.746. The minimum atomic E-state index is -0.553. The number of hydrogen-bond acceptors (Lipinski definition) is 3. The highest BCUT2D eigenvalue weighted by Gasteiger charge is 2.39. The van der Waals surface area contributed by atoms with Crippen LogP contribution in [0.2, 0.25) is 0 Å². The first-order valence-corrected chi connectivity index (χ1v) is 9.35. The van der Waals surface area contributed by atoms with Gasteiger partial charge in [-0.25, -0.2) is 0 Å². The highest BCUT2D eigenvalue weighted by atomic mass is 16.2. The normalized spacial score (nSPS) is 23.1. The van der Waals surface area contributed by atoms with E-state index >= 15 is 0 Å². The van der Waals surface area contributed by atoms with Crippen molar-refractivity contribution in [2.45, 2.75) is 44.1 Å². The smallest absolute Gasteiger partial charge is 0.239 e. The number of nitrogens with zero attached hydrogens (tertiary/aromatic N) is 2. The van der Waals surface area contributed by atoms with Gasteiger partial charge in [-0.2, -0.15) is 0 Å². The summed E-state index contributed by atoms with van der Waals surface area (Å²) in [6, 6.07) is 9.60. The van der Waals surface area contributed by atoms with Gasteiger partial charge in [0, 0.05) is 24.3 Å². The second-order valence-corrected chi connectivity index (χ2v) is 7.56. The third-order valence-electron chi connectivity index (χ3n) is 5.91. The molecule has 1 heterocycles. The Bertz CT molecular complexity index is 609. The molecule has 0 bridgehead atoms. The summed E-state index contributed by atoms with van der Waals surface area (Å²) in [6.07, 6.45) is 6.49. The topological polar surface area (TPSA) is 52.7 Å². The maximum atomic E-state index is 12.7. The third-order valence-corrected chi connectivity index (χ3v) is 5.91. The molecule has 0 spiro atoms. The van der Waals surface area contributed by atoms with Gasteiger partial charge < -0.3 is 15.1 Å². The molecule has 1 saturated heterocycles. The van der Waals surface area contributed by atoms with Crippen LogP contribution in [0.1, 0.15) is 38.5 Å². The fraction of sp³-hybridized carbons (Fsp3) is 0.600. The summed E-state index contributed by atoms with van der Waals surface area (Å²) < 4.78 is 0. The minimum absolute atomic E-state index is 0.0364. The molecule has 1 saturated carbocycles.